The first-order chi connectivity index (χ1) is 23.6. The molecule has 1 aliphatic rings. The number of hydrogen-bond acceptors (Lipinski definition) is 6. The van der Waals surface area contributed by atoms with Crippen molar-refractivity contribution in [3.63, 3.8) is 0 Å². The van der Waals surface area contributed by atoms with Crippen LogP contribution >= 0.6 is 12.6 Å². The summed E-state index contributed by atoms with van der Waals surface area (Å²) in [5, 5.41) is 3.60. The van der Waals surface area contributed by atoms with Gasteiger partial charge >= 0.3 is 0 Å². The van der Waals surface area contributed by atoms with Crippen molar-refractivity contribution in [1.82, 2.24) is 14.9 Å². The molecule has 1 aromatic carbocycles. The van der Waals surface area contributed by atoms with Gasteiger partial charge in [-0.05, 0) is 88.5 Å². The quantitative estimate of drug-likeness (QED) is 0.0723. The van der Waals surface area contributed by atoms with Crippen LogP contribution in [0, 0.1) is 11.8 Å². The molecule has 1 aliphatic heterocycles. The molecular weight excluding hydrogens is 645 g/mol. The molecule has 0 aliphatic carbocycles. The van der Waals surface area contributed by atoms with E-state index in [9.17, 15) is 0 Å². The molecule has 1 N–H and O–H groups in total. The maximum atomic E-state index is 15.8. The second-order valence-electron chi connectivity index (χ2n) is 15.5. The van der Waals surface area contributed by atoms with E-state index >= 15 is 8.78 Å². The lowest BCUT2D eigenvalue weighted by Gasteiger charge is -2.50. The molecule has 0 saturated carbocycles. The zero-order valence-electron chi connectivity index (χ0n) is 32.7. The highest BCUT2D eigenvalue weighted by atomic mass is 32.1. The van der Waals surface area contributed by atoms with E-state index in [4.69, 9.17) is 22.6 Å². The smallest absolute Gasteiger partial charge is 0.273 e. The lowest BCUT2D eigenvalue weighted by atomic mass is 9.84. The van der Waals surface area contributed by atoms with Crippen LogP contribution in [0.15, 0.2) is 48.8 Å². The SMILES string of the molecule is C=C/C(=C\c1c(NC(C)c2cccc(C(F)(F)CC3CN(C(C)(C)CCCC)C3)c2)ncnc1N(C)C(C)(S)CCCC)C(CCC)CCC. The summed E-state index contributed by atoms with van der Waals surface area (Å²) in [5.74, 6) is -1.09. The van der Waals surface area contributed by atoms with Crippen LogP contribution in [0.2, 0.25) is 0 Å². The van der Waals surface area contributed by atoms with Crippen LogP contribution in [0.5, 0.6) is 0 Å². The van der Waals surface area contributed by atoms with Crippen molar-refractivity contribution in [1.29, 1.82) is 0 Å². The van der Waals surface area contributed by atoms with E-state index in [0.29, 0.717) is 11.7 Å². The standard InChI is InChI=1S/C42H67F2N5S/c1-11-16-23-40(7,8)49-28-32(29-49)27-42(43,44)36-22-18-21-35(25-36)31(6)47-38-37(26-33(15-5)34(19-13-3)20-14-4)39(46-30-45-38)48(10)41(9,50)24-17-12-2/h15,18,21-22,25-26,30-32,34,50H,5,11-14,16-17,19-20,23-24,27-29H2,1-4,6-10H3,(H,45,46,47)/b33-26+. The van der Waals surface area contributed by atoms with E-state index in [0.717, 1.165) is 99.8 Å². The minimum absolute atomic E-state index is 0.00554. The van der Waals surface area contributed by atoms with Crippen molar-refractivity contribution in [2.24, 2.45) is 11.8 Å². The average Bonchev–Trinajstić information content (AvgIpc) is 3.06. The Morgan fingerprint density at radius 1 is 1.04 bits per heavy atom. The number of thiol groups is 1. The normalized spacial score (nSPS) is 16.6. The Kier molecular flexibility index (Phi) is 15.8. The number of nitrogens with zero attached hydrogens (tertiary/aromatic N) is 4. The van der Waals surface area contributed by atoms with Gasteiger partial charge in [-0.1, -0.05) is 97.1 Å². The van der Waals surface area contributed by atoms with Crippen LogP contribution in [0.1, 0.15) is 149 Å². The number of hydrogen-bond donors (Lipinski definition) is 2. The summed E-state index contributed by atoms with van der Waals surface area (Å²) >= 11 is 5.09. The predicted octanol–water partition coefficient (Wildman–Crippen LogP) is 12.1. The molecule has 0 bridgehead atoms. The van der Waals surface area contributed by atoms with Crippen LogP contribution in [-0.2, 0) is 5.92 Å². The molecule has 0 amide bonds. The first-order valence-electron chi connectivity index (χ1n) is 19.3. The van der Waals surface area contributed by atoms with Crippen molar-refractivity contribution in [3.8, 4) is 0 Å². The van der Waals surface area contributed by atoms with Gasteiger partial charge in [0.05, 0.1) is 10.4 Å². The van der Waals surface area contributed by atoms with Gasteiger partial charge in [-0.15, -0.1) is 0 Å². The van der Waals surface area contributed by atoms with Crippen molar-refractivity contribution in [2.75, 3.05) is 30.4 Å². The maximum absolute atomic E-state index is 15.8. The molecule has 2 unspecified atom stereocenters. The summed E-state index contributed by atoms with van der Waals surface area (Å²) in [6, 6.07) is 6.65. The molecule has 0 spiro atoms. The van der Waals surface area contributed by atoms with Gasteiger partial charge in [-0.25, -0.2) is 18.7 Å². The summed E-state index contributed by atoms with van der Waals surface area (Å²) < 4.78 is 31.6. The van der Waals surface area contributed by atoms with Crippen molar-refractivity contribution in [3.05, 3.63) is 65.5 Å². The van der Waals surface area contributed by atoms with E-state index in [1.165, 1.54) is 0 Å². The van der Waals surface area contributed by atoms with Crippen LogP contribution in [0.4, 0.5) is 20.4 Å². The molecule has 2 atom stereocenters. The van der Waals surface area contributed by atoms with E-state index in [1.54, 1.807) is 24.5 Å². The molecule has 8 heteroatoms. The van der Waals surface area contributed by atoms with E-state index in [2.05, 4.69) is 76.2 Å². The Balaban J connectivity index is 1.92. The molecule has 1 fully saturated rings. The van der Waals surface area contributed by atoms with Gasteiger partial charge in [0.1, 0.15) is 18.0 Å². The number of aromatic nitrogens is 2. The Hall–Kier alpha value is -2.45. The molecule has 5 nitrogen and oxygen atoms in total. The third-order valence-electron chi connectivity index (χ3n) is 10.9. The van der Waals surface area contributed by atoms with Gasteiger partial charge in [0, 0.05) is 43.7 Å². The molecule has 280 valence electrons. The number of rotatable bonds is 22. The fourth-order valence-electron chi connectivity index (χ4n) is 7.26. The molecule has 2 heterocycles. The summed E-state index contributed by atoms with van der Waals surface area (Å²) in [6.45, 7) is 23.1. The number of benzene rings is 1. The lowest BCUT2D eigenvalue weighted by Crippen LogP contribution is -2.57. The van der Waals surface area contributed by atoms with Crippen LogP contribution in [-0.4, -0.2) is 45.4 Å². The largest absolute Gasteiger partial charge is 0.363 e. The highest BCUT2D eigenvalue weighted by Gasteiger charge is 2.43. The topological polar surface area (TPSA) is 44.3 Å². The van der Waals surface area contributed by atoms with E-state index in [1.807, 2.05) is 26.1 Å². The molecule has 1 aromatic heterocycles. The number of nitrogens with one attached hydrogen (secondary N) is 1. The zero-order chi connectivity index (χ0) is 37.1. The monoisotopic (exact) mass is 712 g/mol. The average molecular weight is 712 g/mol. The van der Waals surface area contributed by atoms with Crippen LogP contribution < -0.4 is 10.2 Å². The number of anilines is 2. The summed E-state index contributed by atoms with van der Waals surface area (Å²) in [4.78, 5) is 13.6. The fraction of sp³-hybridized carbons (Fsp3) is 0.667. The van der Waals surface area contributed by atoms with Gasteiger partial charge in [0.25, 0.3) is 5.92 Å². The minimum atomic E-state index is -2.90. The van der Waals surface area contributed by atoms with Gasteiger partial charge in [0.15, 0.2) is 0 Å². The highest BCUT2D eigenvalue weighted by Crippen LogP contribution is 2.41. The summed E-state index contributed by atoms with van der Waals surface area (Å²) in [5.41, 5.74) is 2.96. The minimum Gasteiger partial charge on any atom is -0.363 e. The Labute approximate surface area is 309 Å². The van der Waals surface area contributed by atoms with Crippen LogP contribution in [0.3, 0.4) is 0 Å². The maximum Gasteiger partial charge on any atom is 0.273 e. The Bertz CT molecular complexity index is 1380. The van der Waals surface area contributed by atoms with Gasteiger partial charge in [0.2, 0.25) is 0 Å². The van der Waals surface area contributed by atoms with Gasteiger partial charge < -0.3 is 10.2 Å². The van der Waals surface area contributed by atoms with Gasteiger partial charge in [-0.2, -0.15) is 12.6 Å². The molecule has 1 saturated heterocycles. The van der Waals surface area contributed by atoms with E-state index < -0.39 is 10.8 Å². The molecule has 50 heavy (non-hydrogen) atoms. The lowest BCUT2D eigenvalue weighted by molar-refractivity contribution is -0.0790. The fourth-order valence-corrected chi connectivity index (χ4v) is 7.51. The third-order valence-corrected chi connectivity index (χ3v) is 11.4. The summed E-state index contributed by atoms with van der Waals surface area (Å²) in [6.07, 6.45) is 16.3. The Morgan fingerprint density at radius 3 is 2.28 bits per heavy atom. The summed E-state index contributed by atoms with van der Waals surface area (Å²) in [7, 11) is 2.04. The first-order valence-corrected chi connectivity index (χ1v) is 19.7. The van der Waals surface area contributed by atoms with Crippen LogP contribution in [0.25, 0.3) is 6.08 Å². The van der Waals surface area contributed by atoms with Gasteiger partial charge in [-0.3, -0.25) is 4.90 Å². The van der Waals surface area contributed by atoms with Crippen molar-refractivity contribution < 1.29 is 8.78 Å². The molecule has 3 rings (SSSR count). The molecular formula is C42H67F2N5S. The number of halogens is 2. The van der Waals surface area contributed by atoms with Crippen molar-refractivity contribution in [2.45, 2.75) is 148 Å². The Morgan fingerprint density at radius 2 is 1.68 bits per heavy atom. The molecule has 0 radical (unpaired) electrons. The number of allylic oxidation sites excluding steroid dienone is 2. The zero-order valence-corrected chi connectivity index (χ0v) is 33.6. The number of unbranched alkanes of at least 4 members (excludes halogenated alkanes) is 2. The number of likely N-dealkylation sites (tertiary alicyclic amines) is 1. The second-order valence-corrected chi connectivity index (χ2v) is 16.5. The molecule has 2 aromatic rings. The third kappa shape index (κ3) is 11.0. The predicted molar refractivity (Wildman–Crippen MR) is 214 cm³/mol. The first kappa shape index (κ1) is 42.0. The van der Waals surface area contributed by atoms with Crippen molar-refractivity contribution >= 4 is 30.3 Å². The highest BCUT2D eigenvalue weighted by molar-refractivity contribution is 7.81. The second kappa shape index (κ2) is 18.9. The van der Waals surface area contributed by atoms with E-state index in [-0.39, 0.29) is 29.5 Å². The number of alkyl halides is 2.